The van der Waals surface area contributed by atoms with Crippen LogP contribution < -0.4 is 5.32 Å². The lowest BCUT2D eigenvalue weighted by atomic mass is 10.0. The van der Waals surface area contributed by atoms with Gasteiger partial charge in [0.1, 0.15) is 12.0 Å². The third-order valence-electron chi connectivity index (χ3n) is 5.18. The number of hydrogen-bond acceptors (Lipinski definition) is 7. The summed E-state index contributed by atoms with van der Waals surface area (Å²) in [7, 11) is 1.92. The molecule has 1 fully saturated rings. The summed E-state index contributed by atoms with van der Waals surface area (Å²) in [4.78, 5) is 22.8. The number of β-amino-alcohol motifs (C(OH)–C–C–N with tert-alkyl or cyclic N) is 1. The summed E-state index contributed by atoms with van der Waals surface area (Å²) < 4.78 is 7.01. The van der Waals surface area contributed by atoms with Gasteiger partial charge in [0.25, 0.3) is 5.91 Å². The van der Waals surface area contributed by atoms with Crippen molar-refractivity contribution in [2.75, 3.05) is 32.8 Å². The molecule has 9 nitrogen and oxygen atoms in total. The Balaban J connectivity index is 1.25. The van der Waals surface area contributed by atoms with Gasteiger partial charge in [0.2, 0.25) is 0 Å². The van der Waals surface area contributed by atoms with Gasteiger partial charge in [0, 0.05) is 63.0 Å². The molecule has 150 valence electrons. The van der Waals surface area contributed by atoms with Crippen LogP contribution in [0.5, 0.6) is 0 Å². The Bertz CT molecular complexity index is 835. The van der Waals surface area contributed by atoms with E-state index in [1.807, 2.05) is 17.9 Å². The van der Waals surface area contributed by atoms with E-state index in [-0.39, 0.29) is 12.5 Å². The normalized spacial score (nSPS) is 18.4. The number of rotatable bonds is 7. The van der Waals surface area contributed by atoms with Crippen molar-refractivity contribution in [3.63, 3.8) is 0 Å². The molecule has 0 bridgehead atoms. The van der Waals surface area contributed by atoms with Crippen LogP contribution in [0.2, 0.25) is 0 Å². The second-order valence-electron chi connectivity index (χ2n) is 7.63. The van der Waals surface area contributed by atoms with E-state index in [2.05, 4.69) is 25.3 Å². The maximum absolute atomic E-state index is 12.4. The number of aliphatic hydroxyl groups is 1. The van der Waals surface area contributed by atoms with Crippen molar-refractivity contribution in [3.8, 4) is 0 Å². The summed E-state index contributed by atoms with van der Waals surface area (Å²) in [6.07, 6.45) is 4.47. The van der Waals surface area contributed by atoms with E-state index in [1.165, 1.54) is 11.9 Å². The zero-order valence-electron chi connectivity index (χ0n) is 16.0. The van der Waals surface area contributed by atoms with E-state index < -0.39 is 6.10 Å². The lowest BCUT2D eigenvalue weighted by molar-refractivity contribution is -0.0316. The van der Waals surface area contributed by atoms with Crippen LogP contribution in [0.4, 0.5) is 0 Å². The minimum Gasteiger partial charge on any atom is -0.390 e. The summed E-state index contributed by atoms with van der Waals surface area (Å²) in [5.41, 5.74) is 3.51. The molecule has 2 N–H and O–H groups in total. The highest BCUT2D eigenvalue weighted by atomic mass is 16.5. The van der Waals surface area contributed by atoms with Crippen LogP contribution in [0.3, 0.4) is 0 Å². The van der Waals surface area contributed by atoms with E-state index in [0.29, 0.717) is 18.2 Å². The molecule has 4 rings (SSSR count). The Kier molecular flexibility index (Phi) is 5.65. The molecule has 9 heteroatoms. The fourth-order valence-electron chi connectivity index (χ4n) is 3.66. The van der Waals surface area contributed by atoms with Gasteiger partial charge < -0.3 is 15.2 Å². The summed E-state index contributed by atoms with van der Waals surface area (Å²) in [6.45, 7) is 3.81. The van der Waals surface area contributed by atoms with E-state index >= 15 is 0 Å². The molecule has 0 radical (unpaired) electrons. The number of aliphatic hydroxyl groups excluding tert-OH is 1. The first-order valence-electron chi connectivity index (χ1n) is 9.65. The Morgan fingerprint density at radius 1 is 1.43 bits per heavy atom. The Morgan fingerprint density at radius 2 is 2.29 bits per heavy atom. The van der Waals surface area contributed by atoms with Crippen molar-refractivity contribution in [3.05, 3.63) is 41.2 Å². The summed E-state index contributed by atoms with van der Waals surface area (Å²) in [5.74, 6) is 0.179. The molecule has 1 saturated heterocycles. The minimum atomic E-state index is -0.643. The van der Waals surface area contributed by atoms with E-state index in [4.69, 9.17) is 4.74 Å². The van der Waals surface area contributed by atoms with Gasteiger partial charge in [-0.15, -0.1) is 0 Å². The lowest BCUT2D eigenvalue weighted by Crippen LogP contribution is -2.42. The van der Waals surface area contributed by atoms with Crippen LogP contribution in [0.1, 0.15) is 27.4 Å². The van der Waals surface area contributed by atoms with Gasteiger partial charge in [0.15, 0.2) is 0 Å². The molecule has 0 unspecified atom stereocenters. The number of carbonyl (C=O) groups is 1. The van der Waals surface area contributed by atoms with Crippen LogP contribution in [0.25, 0.3) is 0 Å². The summed E-state index contributed by atoms with van der Waals surface area (Å²) in [5, 5.41) is 17.6. The van der Waals surface area contributed by atoms with Crippen molar-refractivity contribution in [1.29, 1.82) is 0 Å². The molecule has 2 aromatic rings. The average Bonchev–Trinajstić information content (AvgIpc) is 3.02. The van der Waals surface area contributed by atoms with Crippen molar-refractivity contribution < 1.29 is 14.6 Å². The fraction of sp³-hybridized carbons (Fsp3) is 0.579. The molecule has 1 atom stereocenters. The number of aromatic nitrogens is 4. The summed E-state index contributed by atoms with van der Waals surface area (Å²) >= 11 is 0. The van der Waals surface area contributed by atoms with Gasteiger partial charge in [-0.25, -0.2) is 9.97 Å². The lowest BCUT2D eigenvalue weighted by Gasteiger charge is -2.28. The summed E-state index contributed by atoms with van der Waals surface area (Å²) in [6, 6.07) is 1.72. The van der Waals surface area contributed by atoms with Gasteiger partial charge in [-0.1, -0.05) is 0 Å². The molecule has 1 amide bonds. The maximum atomic E-state index is 12.4. The third kappa shape index (κ3) is 4.54. The van der Waals surface area contributed by atoms with Crippen LogP contribution in [0, 0.1) is 5.92 Å². The highest BCUT2D eigenvalue weighted by Crippen LogP contribution is 2.17. The van der Waals surface area contributed by atoms with Gasteiger partial charge in [0.05, 0.1) is 25.0 Å². The number of nitrogens with zero attached hydrogens (tertiary/aromatic N) is 5. The second kappa shape index (κ2) is 8.34. The second-order valence-corrected chi connectivity index (χ2v) is 7.63. The van der Waals surface area contributed by atoms with Crippen LogP contribution in [-0.4, -0.2) is 74.6 Å². The van der Waals surface area contributed by atoms with E-state index in [9.17, 15) is 9.90 Å². The molecule has 4 heterocycles. The number of amides is 1. The molecule has 2 aliphatic heterocycles. The molecule has 0 aliphatic carbocycles. The first-order chi connectivity index (χ1) is 13.6. The highest BCUT2D eigenvalue weighted by Gasteiger charge is 2.22. The van der Waals surface area contributed by atoms with Crippen molar-refractivity contribution >= 4 is 5.91 Å². The van der Waals surface area contributed by atoms with Gasteiger partial charge in [-0.2, -0.15) is 5.10 Å². The van der Waals surface area contributed by atoms with Gasteiger partial charge in [-0.05, 0) is 12.5 Å². The molecule has 2 aliphatic rings. The number of nitrogens with one attached hydrogen (secondary N) is 1. The van der Waals surface area contributed by atoms with Crippen molar-refractivity contribution in [2.45, 2.75) is 25.5 Å². The molecular formula is C19H26N6O3. The molecule has 2 aromatic heterocycles. The zero-order chi connectivity index (χ0) is 19.5. The number of hydrogen-bond donors (Lipinski definition) is 2. The first kappa shape index (κ1) is 19.0. The standard InChI is InChI=1S/C19H26N6O3/c1-24-7-14-8-25(3-2-17(14)23-24)9-16(26)6-20-19(27)18-5-15(21-12-22-18)4-13-10-28-11-13/h5,7,12-13,16,26H,2-4,6,8-11H2,1H3,(H,20,27)/t16-/m0/s1. The van der Waals surface area contributed by atoms with Gasteiger partial charge in [-0.3, -0.25) is 14.4 Å². The SMILES string of the molecule is Cn1cc2c(n1)CCN(C[C@@H](O)CNC(=O)c1cc(CC3COC3)ncn1)C2. The molecule has 0 spiro atoms. The van der Waals surface area contributed by atoms with Crippen molar-refractivity contribution in [1.82, 2.24) is 30.0 Å². The molecular weight excluding hydrogens is 360 g/mol. The first-order valence-corrected chi connectivity index (χ1v) is 9.65. The van der Waals surface area contributed by atoms with E-state index in [0.717, 1.165) is 50.5 Å². The highest BCUT2D eigenvalue weighted by molar-refractivity contribution is 5.92. The quantitative estimate of drug-likeness (QED) is 0.664. The maximum Gasteiger partial charge on any atom is 0.270 e. The van der Waals surface area contributed by atoms with Crippen LogP contribution in [0.15, 0.2) is 18.6 Å². The number of fused-ring (bicyclic) bond motifs is 1. The molecule has 0 aromatic carbocycles. The monoisotopic (exact) mass is 386 g/mol. The van der Waals surface area contributed by atoms with Gasteiger partial charge >= 0.3 is 0 Å². The number of ether oxygens (including phenoxy) is 1. The average molecular weight is 386 g/mol. The minimum absolute atomic E-state index is 0.186. The molecule has 0 saturated carbocycles. The Morgan fingerprint density at radius 3 is 3.07 bits per heavy atom. The Hall–Kier alpha value is -2.36. The van der Waals surface area contributed by atoms with Crippen LogP contribution >= 0.6 is 0 Å². The largest absolute Gasteiger partial charge is 0.390 e. The fourth-order valence-corrected chi connectivity index (χ4v) is 3.66. The molecule has 28 heavy (non-hydrogen) atoms. The van der Waals surface area contributed by atoms with Crippen LogP contribution in [-0.2, 0) is 31.2 Å². The van der Waals surface area contributed by atoms with Crippen molar-refractivity contribution in [2.24, 2.45) is 13.0 Å². The number of carbonyl (C=O) groups excluding carboxylic acids is 1. The topological polar surface area (TPSA) is 105 Å². The number of aryl methyl sites for hydroxylation is 1. The van der Waals surface area contributed by atoms with E-state index in [1.54, 1.807) is 6.07 Å². The smallest absolute Gasteiger partial charge is 0.270 e. The zero-order valence-corrected chi connectivity index (χ0v) is 16.0. The predicted molar refractivity (Wildman–Crippen MR) is 101 cm³/mol. The predicted octanol–water partition coefficient (Wildman–Crippen LogP) is -0.452. The third-order valence-corrected chi connectivity index (χ3v) is 5.18. The Labute approximate surface area is 163 Å².